The van der Waals surface area contributed by atoms with E-state index in [2.05, 4.69) is 34.3 Å². The highest BCUT2D eigenvalue weighted by atomic mass is 16.2. The summed E-state index contributed by atoms with van der Waals surface area (Å²) >= 11 is 0. The smallest absolute Gasteiger partial charge is 0.222 e. The number of amides is 1. The number of carbonyl (C=O) groups is 1. The first-order chi connectivity index (χ1) is 8.86. The number of nitrogens with zero attached hydrogens (tertiary/aromatic N) is 1. The maximum Gasteiger partial charge on any atom is 0.222 e. The van der Waals surface area contributed by atoms with E-state index in [1.165, 1.54) is 0 Å². The molecule has 3 heteroatoms. The van der Waals surface area contributed by atoms with Gasteiger partial charge in [-0.15, -0.1) is 6.58 Å². The fourth-order valence-electron chi connectivity index (χ4n) is 2.41. The van der Waals surface area contributed by atoms with Crippen molar-refractivity contribution in [1.29, 1.82) is 0 Å². The Hall–Kier alpha value is -0.830. The molecule has 0 saturated carbocycles. The van der Waals surface area contributed by atoms with Crippen LogP contribution < -0.4 is 5.73 Å². The molecule has 0 rings (SSSR count). The molecule has 0 aliphatic carbocycles. The van der Waals surface area contributed by atoms with Crippen LogP contribution in [0.5, 0.6) is 0 Å². The van der Waals surface area contributed by atoms with Gasteiger partial charge in [0.1, 0.15) is 0 Å². The topological polar surface area (TPSA) is 46.3 Å². The van der Waals surface area contributed by atoms with Crippen molar-refractivity contribution in [3.05, 3.63) is 12.7 Å². The summed E-state index contributed by atoms with van der Waals surface area (Å²) in [4.78, 5) is 14.1. The van der Waals surface area contributed by atoms with Crippen molar-refractivity contribution in [3.8, 4) is 0 Å². The van der Waals surface area contributed by atoms with Crippen molar-refractivity contribution >= 4 is 5.91 Å². The third kappa shape index (κ3) is 7.36. The molecular weight excluding hydrogens is 236 g/mol. The minimum absolute atomic E-state index is 0.216. The summed E-state index contributed by atoms with van der Waals surface area (Å²) in [6, 6.07) is 0. The molecule has 0 radical (unpaired) electrons. The second-order valence-corrected chi connectivity index (χ2v) is 6.31. The van der Waals surface area contributed by atoms with Crippen molar-refractivity contribution in [3.63, 3.8) is 0 Å². The van der Waals surface area contributed by atoms with Crippen LogP contribution in [0.15, 0.2) is 12.7 Å². The maximum atomic E-state index is 12.2. The number of rotatable bonds is 9. The molecule has 112 valence electrons. The van der Waals surface area contributed by atoms with Gasteiger partial charge in [0, 0.05) is 19.5 Å². The molecule has 1 unspecified atom stereocenters. The van der Waals surface area contributed by atoms with Crippen LogP contribution in [0, 0.1) is 11.3 Å². The van der Waals surface area contributed by atoms with Gasteiger partial charge in [-0.05, 0) is 37.1 Å². The molecule has 19 heavy (non-hydrogen) atoms. The lowest BCUT2D eigenvalue weighted by Crippen LogP contribution is -2.33. The van der Waals surface area contributed by atoms with Gasteiger partial charge in [0.2, 0.25) is 5.91 Å². The highest BCUT2D eigenvalue weighted by Gasteiger charge is 2.25. The Kier molecular flexibility index (Phi) is 8.73. The van der Waals surface area contributed by atoms with Gasteiger partial charge in [0.15, 0.2) is 0 Å². The van der Waals surface area contributed by atoms with Crippen LogP contribution in [0.4, 0.5) is 0 Å². The van der Waals surface area contributed by atoms with Crippen LogP contribution in [0.3, 0.4) is 0 Å². The molecule has 3 nitrogen and oxygen atoms in total. The molecule has 0 aliphatic heterocycles. The Labute approximate surface area is 119 Å². The third-order valence-electron chi connectivity index (χ3n) is 3.64. The molecule has 1 amide bonds. The Bertz CT molecular complexity index is 268. The molecule has 0 spiro atoms. The number of carbonyl (C=O) groups excluding carboxylic acids is 1. The average Bonchev–Trinajstić information content (AvgIpc) is 2.32. The van der Waals surface area contributed by atoms with Gasteiger partial charge in [-0.2, -0.15) is 0 Å². The van der Waals surface area contributed by atoms with Crippen molar-refractivity contribution in [2.45, 2.75) is 53.4 Å². The number of hydrogen-bond acceptors (Lipinski definition) is 2. The van der Waals surface area contributed by atoms with E-state index in [1.807, 2.05) is 4.90 Å². The largest absolute Gasteiger partial charge is 0.339 e. The summed E-state index contributed by atoms with van der Waals surface area (Å²) in [6.07, 6.45) is 5.33. The second kappa shape index (κ2) is 9.13. The van der Waals surface area contributed by atoms with Crippen LogP contribution in [0.25, 0.3) is 0 Å². The average molecular weight is 268 g/mol. The van der Waals surface area contributed by atoms with Gasteiger partial charge in [-0.25, -0.2) is 0 Å². The van der Waals surface area contributed by atoms with Crippen molar-refractivity contribution < 1.29 is 4.79 Å². The van der Waals surface area contributed by atoms with Crippen LogP contribution in [-0.2, 0) is 4.79 Å². The fourth-order valence-corrected chi connectivity index (χ4v) is 2.41. The zero-order valence-corrected chi connectivity index (χ0v) is 13.2. The zero-order chi connectivity index (χ0) is 14.9. The van der Waals surface area contributed by atoms with Crippen molar-refractivity contribution in [2.75, 3.05) is 19.6 Å². The Balaban J connectivity index is 4.40. The number of hydrogen-bond donors (Lipinski definition) is 1. The molecule has 0 aliphatic rings. The standard InChI is InChI=1S/C16H32N2O/c1-6-12-18(13-7-2)15(19)9-8-14(10-11-17)16(3,4)5/h6,14H,1,7-13,17H2,2-5H3. The fraction of sp³-hybridized carbons (Fsp3) is 0.812. The highest BCUT2D eigenvalue weighted by molar-refractivity contribution is 5.76. The summed E-state index contributed by atoms with van der Waals surface area (Å²) in [5.74, 6) is 0.752. The Morgan fingerprint density at radius 1 is 1.37 bits per heavy atom. The predicted molar refractivity (Wildman–Crippen MR) is 82.9 cm³/mol. The summed E-state index contributed by atoms with van der Waals surface area (Å²) < 4.78 is 0. The normalized spacial score (nSPS) is 13.1. The van der Waals surface area contributed by atoms with E-state index in [0.29, 0.717) is 25.4 Å². The van der Waals surface area contributed by atoms with E-state index in [0.717, 1.165) is 25.8 Å². The van der Waals surface area contributed by atoms with E-state index in [9.17, 15) is 4.79 Å². The lowest BCUT2D eigenvalue weighted by Gasteiger charge is -2.31. The maximum absolute atomic E-state index is 12.2. The molecule has 2 N–H and O–H groups in total. The first-order valence-electron chi connectivity index (χ1n) is 7.45. The lowest BCUT2D eigenvalue weighted by molar-refractivity contribution is -0.131. The van der Waals surface area contributed by atoms with Crippen LogP contribution in [0.2, 0.25) is 0 Å². The van der Waals surface area contributed by atoms with E-state index in [4.69, 9.17) is 5.73 Å². The first kappa shape index (κ1) is 18.2. The summed E-state index contributed by atoms with van der Waals surface area (Å²) in [5.41, 5.74) is 5.90. The Morgan fingerprint density at radius 2 is 2.00 bits per heavy atom. The van der Waals surface area contributed by atoms with Crippen LogP contribution in [0.1, 0.15) is 53.4 Å². The van der Waals surface area contributed by atoms with Gasteiger partial charge >= 0.3 is 0 Å². The number of nitrogens with two attached hydrogens (primary N) is 1. The molecule has 0 aromatic rings. The zero-order valence-electron chi connectivity index (χ0n) is 13.2. The van der Waals surface area contributed by atoms with Crippen molar-refractivity contribution in [1.82, 2.24) is 4.90 Å². The molecule has 0 saturated heterocycles. The van der Waals surface area contributed by atoms with Crippen molar-refractivity contribution in [2.24, 2.45) is 17.1 Å². The Morgan fingerprint density at radius 3 is 2.42 bits per heavy atom. The molecule has 0 fully saturated rings. The molecule has 1 atom stereocenters. The second-order valence-electron chi connectivity index (χ2n) is 6.31. The monoisotopic (exact) mass is 268 g/mol. The minimum atomic E-state index is 0.216. The quantitative estimate of drug-likeness (QED) is 0.653. The van der Waals surface area contributed by atoms with Gasteiger partial charge < -0.3 is 10.6 Å². The van der Waals surface area contributed by atoms with E-state index < -0.39 is 0 Å². The van der Waals surface area contributed by atoms with E-state index in [1.54, 1.807) is 6.08 Å². The van der Waals surface area contributed by atoms with Gasteiger partial charge in [-0.1, -0.05) is 33.8 Å². The third-order valence-corrected chi connectivity index (χ3v) is 3.64. The predicted octanol–water partition coefficient (Wildman–Crippen LogP) is 3.20. The summed E-state index contributed by atoms with van der Waals surface area (Å²) in [6.45, 7) is 14.7. The van der Waals surface area contributed by atoms with Crippen LogP contribution >= 0.6 is 0 Å². The summed E-state index contributed by atoms with van der Waals surface area (Å²) in [5, 5.41) is 0. The lowest BCUT2D eigenvalue weighted by atomic mass is 9.76. The molecule has 0 aromatic carbocycles. The molecule has 0 aromatic heterocycles. The van der Waals surface area contributed by atoms with Gasteiger partial charge in [0.05, 0.1) is 0 Å². The molecular formula is C16H32N2O. The molecule has 0 bridgehead atoms. The van der Waals surface area contributed by atoms with E-state index >= 15 is 0 Å². The van der Waals surface area contributed by atoms with Crippen LogP contribution in [-0.4, -0.2) is 30.4 Å². The van der Waals surface area contributed by atoms with Gasteiger partial charge in [-0.3, -0.25) is 4.79 Å². The van der Waals surface area contributed by atoms with E-state index in [-0.39, 0.29) is 11.3 Å². The molecule has 0 heterocycles. The highest BCUT2D eigenvalue weighted by Crippen LogP contribution is 2.32. The first-order valence-corrected chi connectivity index (χ1v) is 7.45. The SMILES string of the molecule is C=CCN(CCC)C(=O)CCC(CCN)C(C)(C)C. The van der Waals surface area contributed by atoms with Gasteiger partial charge in [0.25, 0.3) is 0 Å². The minimum Gasteiger partial charge on any atom is -0.339 e. The summed E-state index contributed by atoms with van der Waals surface area (Å²) in [7, 11) is 0.